The number of benzene rings is 1. The molecule has 94 valence electrons. The summed E-state index contributed by atoms with van der Waals surface area (Å²) >= 11 is 3.35. The number of halogens is 1. The van der Waals surface area contributed by atoms with Gasteiger partial charge in [-0.05, 0) is 30.2 Å². The van der Waals surface area contributed by atoms with Gasteiger partial charge in [-0.25, -0.2) is 0 Å². The van der Waals surface area contributed by atoms with E-state index in [2.05, 4.69) is 28.2 Å². The summed E-state index contributed by atoms with van der Waals surface area (Å²) in [4.78, 5) is 11.7. The Morgan fingerprint density at radius 2 is 2.33 bits per heavy atom. The predicted octanol–water partition coefficient (Wildman–Crippen LogP) is 3.27. The minimum Gasteiger partial charge on any atom is -0.351 e. The molecule has 0 atom stereocenters. The predicted molar refractivity (Wildman–Crippen MR) is 75.6 cm³/mol. The molecule has 0 aliphatic heterocycles. The summed E-state index contributed by atoms with van der Waals surface area (Å²) in [5.74, 6) is -0.314. The second-order valence-electron chi connectivity index (χ2n) is 3.83. The van der Waals surface area contributed by atoms with Crippen LogP contribution in [0, 0.1) is 11.3 Å². The number of carbonyl (C=O) groups excluding carboxylic acids is 1. The van der Waals surface area contributed by atoms with Crippen molar-refractivity contribution in [2.75, 3.05) is 6.54 Å². The van der Waals surface area contributed by atoms with Crippen LogP contribution in [-0.2, 0) is 4.79 Å². The van der Waals surface area contributed by atoms with Crippen LogP contribution in [0.15, 0.2) is 34.3 Å². The molecule has 4 heteroatoms. The molecule has 1 N–H and O–H groups in total. The minimum absolute atomic E-state index is 0.129. The van der Waals surface area contributed by atoms with Gasteiger partial charge in [-0.2, -0.15) is 5.26 Å². The molecule has 1 rings (SSSR count). The molecule has 0 spiro atoms. The number of carbonyl (C=O) groups is 1. The number of unbranched alkanes of at least 4 members (excludes halogenated alkanes) is 1. The highest BCUT2D eigenvalue weighted by molar-refractivity contribution is 9.10. The lowest BCUT2D eigenvalue weighted by Gasteiger charge is -2.03. The summed E-state index contributed by atoms with van der Waals surface area (Å²) < 4.78 is 0.917. The number of hydrogen-bond acceptors (Lipinski definition) is 2. The van der Waals surface area contributed by atoms with Crippen LogP contribution < -0.4 is 5.32 Å². The molecule has 1 aromatic rings. The molecule has 0 bridgehead atoms. The van der Waals surface area contributed by atoms with Gasteiger partial charge in [0.05, 0.1) is 0 Å². The van der Waals surface area contributed by atoms with Gasteiger partial charge < -0.3 is 5.32 Å². The van der Waals surface area contributed by atoms with Crippen LogP contribution in [0.2, 0.25) is 0 Å². The minimum atomic E-state index is -0.314. The number of amides is 1. The monoisotopic (exact) mass is 306 g/mol. The van der Waals surface area contributed by atoms with Crippen molar-refractivity contribution in [1.29, 1.82) is 5.26 Å². The lowest BCUT2D eigenvalue weighted by atomic mass is 10.1. The number of nitrogens with one attached hydrogen (secondary N) is 1. The molecule has 18 heavy (non-hydrogen) atoms. The lowest BCUT2D eigenvalue weighted by Crippen LogP contribution is -2.25. The Balaban J connectivity index is 2.77. The van der Waals surface area contributed by atoms with Crippen LogP contribution in [0.1, 0.15) is 25.3 Å². The van der Waals surface area contributed by atoms with Gasteiger partial charge in [-0.15, -0.1) is 0 Å². The van der Waals surface area contributed by atoms with Crippen LogP contribution in [0.4, 0.5) is 0 Å². The van der Waals surface area contributed by atoms with Crippen molar-refractivity contribution >= 4 is 27.9 Å². The van der Waals surface area contributed by atoms with E-state index in [4.69, 9.17) is 5.26 Å². The van der Waals surface area contributed by atoms with Crippen molar-refractivity contribution in [1.82, 2.24) is 5.32 Å². The Labute approximate surface area is 116 Å². The summed E-state index contributed by atoms with van der Waals surface area (Å²) in [7, 11) is 0. The SMILES string of the molecule is CCCCNC(=O)/C(C#N)=C\c1cccc(Br)c1. The molecule has 1 aromatic carbocycles. The zero-order chi connectivity index (χ0) is 13.4. The largest absolute Gasteiger partial charge is 0.351 e. The maximum absolute atomic E-state index is 11.7. The third-order valence-corrected chi connectivity index (χ3v) is 2.83. The molecular formula is C14H15BrN2O. The van der Waals surface area contributed by atoms with Gasteiger partial charge >= 0.3 is 0 Å². The third kappa shape index (κ3) is 4.72. The van der Waals surface area contributed by atoms with E-state index < -0.39 is 0 Å². The summed E-state index contributed by atoms with van der Waals surface area (Å²) in [6, 6.07) is 9.39. The van der Waals surface area contributed by atoms with E-state index >= 15 is 0 Å². The number of nitrogens with zero attached hydrogens (tertiary/aromatic N) is 1. The number of rotatable bonds is 5. The average Bonchev–Trinajstić information content (AvgIpc) is 2.36. The molecule has 0 aliphatic rings. The van der Waals surface area contributed by atoms with E-state index in [-0.39, 0.29) is 11.5 Å². The number of hydrogen-bond donors (Lipinski definition) is 1. The van der Waals surface area contributed by atoms with E-state index in [1.165, 1.54) is 0 Å². The molecule has 0 unspecified atom stereocenters. The second kappa shape index (κ2) is 7.67. The second-order valence-corrected chi connectivity index (χ2v) is 4.75. The van der Waals surface area contributed by atoms with E-state index in [0.717, 1.165) is 22.9 Å². The van der Waals surface area contributed by atoms with Crippen LogP contribution in [0.3, 0.4) is 0 Å². The van der Waals surface area contributed by atoms with Gasteiger partial charge in [0.1, 0.15) is 11.6 Å². The van der Waals surface area contributed by atoms with Crippen molar-refractivity contribution in [3.05, 3.63) is 39.9 Å². The van der Waals surface area contributed by atoms with E-state index in [1.54, 1.807) is 6.08 Å². The normalized spacial score (nSPS) is 10.8. The molecule has 0 aromatic heterocycles. The fourth-order valence-electron chi connectivity index (χ4n) is 1.39. The first kappa shape index (κ1) is 14.5. The fraction of sp³-hybridized carbons (Fsp3) is 0.286. The van der Waals surface area contributed by atoms with Gasteiger partial charge in [-0.3, -0.25) is 4.79 Å². The highest BCUT2D eigenvalue weighted by atomic mass is 79.9. The maximum Gasteiger partial charge on any atom is 0.261 e. The maximum atomic E-state index is 11.7. The summed E-state index contributed by atoms with van der Waals surface area (Å²) in [5, 5.41) is 11.7. The molecule has 0 radical (unpaired) electrons. The van der Waals surface area contributed by atoms with E-state index in [0.29, 0.717) is 6.54 Å². The Bertz CT molecular complexity index is 489. The van der Waals surface area contributed by atoms with Crippen molar-refractivity contribution < 1.29 is 4.79 Å². The van der Waals surface area contributed by atoms with Gasteiger partial charge in [-0.1, -0.05) is 41.4 Å². The Morgan fingerprint density at radius 1 is 1.56 bits per heavy atom. The molecule has 0 heterocycles. The first-order valence-corrected chi connectivity index (χ1v) is 6.62. The Kier molecular flexibility index (Phi) is 6.16. The smallest absolute Gasteiger partial charge is 0.261 e. The van der Waals surface area contributed by atoms with Crippen molar-refractivity contribution in [2.45, 2.75) is 19.8 Å². The standard InChI is InChI=1S/C14H15BrN2O/c1-2-3-7-17-14(18)12(10-16)8-11-5-4-6-13(15)9-11/h4-6,8-9H,2-3,7H2,1H3,(H,17,18)/b12-8-. The van der Waals surface area contributed by atoms with Crippen molar-refractivity contribution in [2.24, 2.45) is 0 Å². The lowest BCUT2D eigenvalue weighted by molar-refractivity contribution is -0.117. The van der Waals surface area contributed by atoms with Crippen LogP contribution >= 0.6 is 15.9 Å². The molecular weight excluding hydrogens is 292 g/mol. The summed E-state index contributed by atoms with van der Waals surface area (Å²) in [6.07, 6.45) is 3.52. The van der Waals surface area contributed by atoms with Crippen LogP contribution in [0.25, 0.3) is 6.08 Å². The quantitative estimate of drug-likeness (QED) is 0.515. The first-order valence-electron chi connectivity index (χ1n) is 5.83. The molecule has 0 aliphatic carbocycles. The highest BCUT2D eigenvalue weighted by Crippen LogP contribution is 2.14. The van der Waals surface area contributed by atoms with E-state index in [1.807, 2.05) is 30.3 Å². The van der Waals surface area contributed by atoms with Gasteiger partial charge in [0.25, 0.3) is 5.91 Å². The van der Waals surface area contributed by atoms with Crippen LogP contribution in [0.5, 0.6) is 0 Å². The topological polar surface area (TPSA) is 52.9 Å². The van der Waals surface area contributed by atoms with Gasteiger partial charge in [0.2, 0.25) is 0 Å². The zero-order valence-corrected chi connectivity index (χ0v) is 11.8. The zero-order valence-electron chi connectivity index (χ0n) is 10.2. The fourth-order valence-corrected chi connectivity index (χ4v) is 1.80. The Hall–Kier alpha value is -1.60. The highest BCUT2D eigenvalue weighted by Gasteiger charge is 2.07. The molecule has 1 amide bonds. The summed E-state index contributed by atoms with van der Waals surface area (Å²) in [5.41, 5.74) is 0.954. The van der Waals surface area contributed by atoms with Crippen molar-refractivity contribution in [3.8, 4) is 6.07 Å². The molecule has 0 fully saturated rings. The van der Waals surface area contributed by atoms with Gasteiger partial charge in [0, 0.05) is 11.0 Å². The Morgan fingerprint density at radius 3 is 2.94 bits per heavy atom. The van der Waals surface area contributed by atoms with Gasteiger partial charge in [0.15, 0.2) is 0 Å². The molecule has 0 saturated heterocycles. The third-order valence-electron chi connectivity index (χ3n) is 2.34. The van der Waals surface area contributed by atoms with Crippen LogP contribution in [-0.4, -0.2) is 12.5 Å². The average molecular weight is 307 g/mol. The summed E-state index contributed by atoms with van der Waals surface area (Å²) in [6.45, 7) is 2.65. The van der Waals surface area contributed by atoms with Crippen molar-refractivity contribution in [3.63, 3.8) is 0 Å². The first-order chi connectivity index (χ1) is 8.67. The van der Waals surface area contributed by atoms with E-state index in [9.17, 15) is 4.79 Å². The number of nitriles is 1. The molecule has 0 saturated carbocycles. The molecule has 3 nitrogen and oxygen atoms in total.